The van der Waals surface area contributed by atoms with Gasteiger partial charge in [0.2, 0.25) is 0 Å². The van der Waals surface area contributed by atoms with E-state index < -0.39 is 5.92 Å². The fourth-order valence-corrected chi connectivity index (χ4v) is 4.12. The third kappa shape index (κ3) is 3.76. The lowest BCUT2D eigenvalue weighted by Crippen LogP contribution is -2.57. The lowest BCUT2D eigenvalue weighted by Gasteiger charge is -2.28. The largest absolute Gasteiger partial charge is 0.417 e. The second-order valence-corrected chi connectivity index (χ2v) is 7.43. The number of nitrogens with one attached hydrogen (secondary N) is 1. The Morgan fingerprint density at radius 2 is 1.93 bits per heavy atom. The van der Waals surface area contributed by atoms with E-state index in [2.05, 4.69) is 5.32 Å². The molecule has 0 aromatic heterocycles. The molecule has 148 valence electrons. The minimum Gasteiger partial charge on any atom is -0.385 e. The third-order valence-corrected chi connectivity index (χ3v) is 5.59. The number of amides is 4. The van der Waals surface area contributed by atoms with E-state index in [4.69, 9.17) is 4.74 Å². The van der Waals surface area contributed by atoms with Crippen LogP contribution in [0.3, 0.4) is 0 Å². The van der Waals surface area contributed by atoms with Gasteiger partial charge in [-0.3, -0.25) is 9.59 Å². The number of carbonyl (C=O) groups is 3. The van der Waals surface area contributed by atoms with Gasteiger partial charge in [-0.2, -0.15) is 4.90 Å². The van der Waals surface area contributed by atoms with Gasteiger partial charge in [0.05, 0.1) is 13.6 Å². The molecule has 8 nitrogen and oxygen atoms in total. The van der Waals surface area contributed by atoms with Crippen LogP contribution in [0.1, 0.15) is 38.5 Å². The Bertz CT molecular complexity index is 694. The van der Waals surface area contributed by atoms with Crippen molar-refractivity contribution < 1.29 is 23.7 Å². The molecule has 2 aliphatic heterocycles. The molecule has 0 aromatic rings. The predicted molar refractivity (Wildman–Crippen MR) is 99.1 cm³/mol. The van der Waals surface area contributed by atoms with Crippen LogP contribution in [0, 0.1) is 5.92 Å². The van der Waals surface area contributed by atoms with Crippen molar-refractivity contribution >= 4 is 23.7 Å². The zero-order chi connectivity index (χ0) is 19.6. The number of ether oxygens (including phenoxy) is 1. The molecule has 1 N–H and O–H groups in total. The summed E-state index contributed by atoms with van der Waals surface area (Å²) in [6.45, 7) is 1.05. The highest BCUT2D eigenvalue weighted by molar-refractivity contribution is 6.19. The number of imide groups is 1. The van der Waals surface area contributed by atoms with Crippen LogP contribution >= 0.6 is 0 Å². The highest BCUT2D eigenvalue weighted by Gasteiger charge is 2.51. The average Bonchev–Trinajstić information content (AvgIpc) is 3.05. The normalized spacial score (nSPS) is 23.7. The molecule has 2 heterocycles. The van der Waals surface area contributed by atoms with Crippen molar-refractivity contribution in [2.75, 3.05) is 34.4 Å². The Kier molecular flexibility index (Phi) is 5.94. The molecule has 3 aliphatic rings. The van der Waals surface area contributed by atoms with Crippen molar-refractivity contribution in [3.05, 3.63) is 11.8 Å². The van der Waals surface area contributed by atoms with Crippen LogP contribution in [-0.2, 0) is 14.3 Å². The van der Waals surface area contributed by atoms with Gasteiger partial charge in [0.1, 0.15) is 0 Å². The van der Waals surface area contributed by atoms with Gasteiger partial charge in [0.25, 0.3) is 17.6 Å². The molecule has 2 fully saturated rings. The van der Waals surface area contributed by atoms with E-state index in [9.17, 15) is 14.4 Å². The fraction of sp³-hybridized carbons (Fsp3) is 0.684. The maximum absolute atomic E-state index is 13.0. The number of urea groups is 1. The summed E-state index contributed by atoms with van der Waals surface area (Å²) in [5, 5.41) is 3.12. The molecule has 27 heavy (non-hydrogen) atoms. The topological polar surface area (TPSA) is 82.0 Å². The maximum atomic E-state index is 13.0. The first-order valence-corrected chi connectivity index (χ1v) is 9.67. The van der Waals surface area contributed by atoms with Crippen LogP contribution in [0.4, 0.5) is 4.79 Å². The molecule has 0 aromatic carbocycles. The van der Waals surface area contributed by atoms with Crippen molar-refractivity contribution in [2.45, 2.75) is 44.6 Å². The van der Waals surface area contributed by atoms with E-state index in [1.165, 1.54) is 18.4 Å². The number of rotatable bonds is 6. The standard InChI is InChI=1S/C19H28N4O4/c1-21-17-14(18(25)22(2)19(21)26)12-15(23(17)10-7-11-27-3)16(24)20-13-8-5-4-6-9-13/h12-14H,4-11H2,1-3H3/p+1. The van der Waals surface area contributed by atoms with Gasteiger partial charge >= 0.3 is 6.03 Å². The zero-order valence-electron chi connectivity index (χ0n) is 16.4. The number of carbonyl (C=O) groups excluding carboxylic acids is 3. The fourth-order valence-electron chi connectivity index (χ4n) is 4.12. The van der Waals surface area contributed by atoms with Crippen molar-refractivity contribution in [1.29, 1.82) is 0 Å². The quantitative estimate of drug-likeness (QED) is 0.551. The van der Waals surface area contributed by atoms with E-state index in [1.807, 2.05) is 4.58 Å². The Hall–Kier alpha value is -2.22. The van der Waals surface area contributed by atoms with Crippen LogP contribution in [0.15, 0.2) is 11.8 Å². The highest BCUT2D eigenvalue weighted by Crippen LogP contribution is 2.26. The molecule has 1 atom stereocenters. The van der Waals surface area contributed by atoms with Gasteiger partial charge in [-0.05, 0) is 18.9 Å². The number of methoxy groups -OCH3 is 1. The Morgan fingerprint density at radius 1 is 1.22 bits per heavy atom. The first-order chi connectivity index (χ1) is 13.0. The number of hydrogen-bond donors (Lipinski definition) is 1. The third-order valence-electron chi connectivity index (χ3n) is 5.59. The van der Waals surface area contributed by atoms with Gasteiger partial charge in [0.15, 0.2) is 11.6 Å². The maximum Gasteiger partial charge on any atom is 0.417 e. The van der Waals surface area contributed by atoms with Gasteiger partial charge < -0.3 is 10.1 Å². The van der Waals surface area contributed by atoms with Gasteiger partial charge in [-0.15, -0.1) is 0 Å². The van der Waals surface area contributed by atoms with Crippen molar-refractivity contribution in [2.24, 2.45) is 5.92 Å². The second-order valence-electron chi connectivity index (χ2n) is 7.43. The summed E-state index contributed by atoms with van der Waals surface area (Å²) in [5.41, 5.74) is 0.458. The molecule has 8 heteroatoms. The molecule has 1 saturated carbocycles. The number of fused-ring (bicyclic) bond motifs is 1. The summed E-state index contributed by atoms with van der Waals surface area (Å²) in [7, 11) is 4.75. The van der Waals surface area contributed by atoms with Crippen LogP contribution in [0.2, 0.25) is 0 Å². The van der Waals surface area contributed by atoms with E-state index in [-0.39, 0.29) is 23.9 Å². The summed E-state index contributed by atoms with van der Waals surface area (Å²) in [6.07, 6.45) is 7.83. The number of hydrogen-bond acceptors (Lipinski definition) is 4. The first-order valence-electron chi connectivity index (χ1n) is 9.67. The number of nitrogens with zero attached hydrogens (tertiary/aromatic N) is 3. The minimum atomic E-state index is -0.604. The summed E-state index contributed by atoms with van der Waals surface area (Å²) in [6, 6.07) is -0.205. The van der Waals surface area contributed by atoms with Crippen LogP contribution in [0.5, 0.6) is 0 Å². The number of amidine groups is 1. The molecule has 3 rings (SSSR count). The SMILES string of the molecule is COCCC[N+]1=C2C(C=C1C(=O)NC1CCCCC1)C(=O)N(C)C(=O)N2C. The second kappa shape index (κ2) is 8.21. The lowest BCUT2D eigenvalue weighted by molar-refractivity contribution is -0.474. The van der Waals surface area contributed by atoms with Gasteiger partial charge in [-0.1, -0.05) is 19.3 Å². The Balaban J connectivity index is 1.88. The lowest BCUT2D eigenvalue weighted by atomic mass is 9.95. The van der Waals surface area contributed by atoms with Crippen LogP contribution in [-0.4, -0.2) is 78.5 Å². The summed E-state index contributed by atoms with van der Waals surface area (Å²) in [4.78, 5) is 40.6. The Morgan fingerprint density at radius 3 is 2.59 bits per heavy atom. The minimum absolute atomic E-state index is 0.169. The van der Waals surface area contributed by atoms with E-state index in [0.717, 1.165) is 30.6 Å². The molecular weight excluding hydrogens is 348 g/mol. The summed E-state index contributed by atoms with van der Waals surface area (Å²) in [5.74, 6) is -0.511. The molecule has 0 bridgehead atoms. The molecule has 1 unspecified atom stereocenters. The highest BCUT2D eigenvalue weighted by atomic mass is 16.5. The van der Waals surface area contributed by atoms with Crippen molar-refractivity contribution in [3.8, 4) is 0 Å². The van der Waals surface area contributed by atoms with E-state index in [0.29, 0.717) is 31.1 Å². The van der Waals surface area contributed by atoms with Crippen molar-refractivity contribution in [1.82, 2.24) is 15.1 Å². The molecule has 1 saturated heterocycles. The van der Waals surface area contributed by atoms with Crippen molar-refractivity contribution in [3.63, 3.8) is 0 Å². The smallest absolute Gasteiger partial charge is 0.385 e. The predicted octanol–water partition coefficient (Wildman–Crippen LogP) is 0.920. The van der Waals surface area contributed by atoms with E-state index >= 15 is 0 Å². The monoisotopic (exact) mass is 377 g/mol. The molecule has 0 spiro atoms. The summed E-state index contributed by atoms with van der Waals surface area (Å²) < 4.78 is 6.94. The average molecular weight is 377 g/mol. The molecule has 4 amide bonds. The van der Waals surface area contributed by atoms with Crippen LogP contribution in [0.25, 0.3) is 0 Å². The van der Waals surface area contributed by atoms with Gasteiger partial charge in [0, 0.05) is 33.2 Å². The first kappa shape index (κ1) is 19.5. The molecule has 0 radical (unpaired) electrons. The van der Waals surface area contributed by atoms with Gasteiger partial charge in [-0.25, -0.2) is 14.3 Å². The summed E-state index contributed by atoms with van der Waals surface area (Å²) >= 11 is 0. The van der Waals surface area contributed by atoms with Crippen LogP contribution < -0.4 is 5.32 Å². The van der Waals surface area contributed by atoms with E-state index in [1.54, 1.807) is 20.2 Å². The Labute approximate surface area is 159 Å². The zero-order valence-corrected chi connectivity index (χ0v) is 16.4. The molecule has 1 aliphatic carbocycles. The molecular formula is C19H29N4O4+.